The Labute approximate surface area is 170 Å². The van der Waals surface area contributed by atoms with E-state index < -0.39 is 5.82 Å². The Bertz CT molecular complexity index is 1110. The molecule has 140 valence electrons. The molecular formula is C20H14ClFN4OS. The van der Waals surface area contributed by atoms with E-state index in [1.54, 1.807) is 18.5 Å². The van der Waals surface area contributed by atoms with E-state index in [2.05, 4.69) is 20.3 Å². The van der Waals surface area contributed by atoms with Crippen LogP contribution < -0.4 is 5.32 Å². The number of amides is 1. The molecule has 0 bridgehead atoms. The van der Waals surface area contributed by atoms with Crippen LogP contribution in [0.5, 0.6) is 0 Å². The molecule has 3 aromatic rings. The van der Waals surface area contributed by atoms with Crippen molar-refractivity contribution in [3.63, 3.8) is 0 Å². The molecule has 0 unspecified atom stereocenters. The number of halogens is 2. The predicted molar refractivity (Wildman–Crippen MR) is 110 cm³/mol. The average Bonchev–Trinajstić information content (AvgIpc) is 3.10. The van der Waals surface area contributed by atoms with Gasteiger partial charge in [0.15, 0.2) is 0 Å². The fraction of sp³-hybridized carbons (Fsp3) is 0.100. The van der Waals surface area contributed by atoms with Crippen LogP contribution >= 0.6 is 23.8 Å². The number of fused-ring (bicyclic) bond motifs is 1. The van der Waals surface area contributed by atoms with Gasteiger partial charge in [-0.15, -0.1) is 0 Å². The molecule has 1 aliphatic rings. The minimum atomic E-state index is -0.519. The molecule has 2 aromatic heterocycles. The zero-order valence-electron chi connectivity index (χ0n) is 14.5. The van der Waals surface area contributed by atoms with E-state index >= 15 is 0 Å². The van der Waals surface area contributed by atoms with Crippen molar-refractivity contribution < 1.29 is 9.18 Å². The normalized spacial score (nSPS) is 14.0. The highest BCUT2D eigenvalue weighted by molar-refractivity contribution is 7.81. The second-order valence-corrected chi connectivity index (χ2v) is 7.16. The molecule has 8 heteroatoms. The number of benzene rings is 1. The number of pyridine rings is 1. The fourth-order valence-electron chi connectivity index (χ4n) is 2.89. The number of hydrogen-bond donors (Lipinski definition) is 2. The number of nitrogens with one attached hydrogen (secondary N) is 2. The van der Waals surface area contributed by atoms with Crippen LogP contribution in [0.1, 0.15) is 17.8 Å². The largest absolute Gasteiger partial charge is 0.348 e. The molecule has 0 saturated carbocycles. The smallest absolute Gasteiger partial charge is 0.252 e. The molecule has 1 amide bonds. The van der Waals surface area contributed by atoms with Gasteiger partial charge >= 0.3 is 0 Å². The monoisotopic (exact) mass is 412 g/mol. The lowest BCUT2D eigenvalue weighted by molar-refractivity contribution is -0.117. The second-order valence-electron chi connectivity index (χ2n) is 6.26. The zero-order chi connectivity index (χ0) is 19.7. The van der Waals surface area contributed by atoms with Crippen LogP contribution in [0.3, 0.4) is 0 Å². The van der Waals surface area contributed by atoms with E-state index in [0.717, 1.165) is 5.56 Å². The molecule has 2 N–H and O–H groups in total. The summed E-state index contributed by atoms with van der Waals surface area (Å²) in [6, 6.07) is 6.45. The highest BCUT2D eigenvalue weighted by Gasteiger charge is 2.20. The number of aromatic amines is 1. The molecule has 4 rings (SSSR count). The number of rotatable bonds is 4. The first kappa shape index (κ1) is 18.5. The van der Waals surface area contributed by atoms with Crippen LogP contribution in [0.4, 0.5) is 4.39 Å². The summed E-state index contributed by atoms with van der Waals surface area (Å²) in [6.45, 7) is 0.355. The van der Waals surface area contributed by atoms with Crippen molar-refractivity contribution in [2.75, 3.05) is 0 Å². The summed E-state index contributed by atoms with van der Waals surface area (Å²) in [4.78, 5) is 24.7. The van der Waals surface area contributed by atoms with Crippen LogP contribution in [0.2, 0.25) is 5.02 Å². The molecule has 28 heavy (non-hydrogen) atoms. The van der Waals surface area contributed by atoms with Crippen LogP contribution in [-0.4, -0.2) is 25.7 Å². The Morgan fingerprint density at radius 3 is 3.04 bits per heavy atom. The third kappa shape index (κ3) is 3.72. The van der Waals surface area contributed by atoms with Gasteiger partial charge in [-0.05, 0) is 23.8 Å². The van der Waals surface area contributed by atoms with Gasteiger partial charge in [-0.3, -0.25) is 9.78 Å². The van der Waals surface area contributed by atoms with E-state index in [4.69, 9.17) is 23.8 Å². The lowest BCUT2D eigenvalue weighted by Crippen LogP contribution is -2.28. The molecule has 0 spiro atoms. The van der Waals surface area contributed by atoms with Gasteiger partial charge in [-0.1, -0.05) is 36.0 Å². The van der Waals surface area contributed by atoms with Crippen molar-refractivity contribution in [1.82, 2.24) is 20.3 Å². The molecule has 0 fully saturated rings. The lowest BCUT2D eigenvalue weighted by atomic mass is 9.98. The number of nitrogens with zero attached hydrogens (tertiary/aromatic N) is 2. The van der Waals surface area contributed by atoms with E-state index in [-0.39, 0.29) is 10.9 Å². The lowest BCUT2D eigenvalue weighted by Gasteiger charge is -2.14. The minimum Gasteiger partial charge on any atom is -0.348 e. The zero-order valence-corrected chi connectivity index (χ0v) is 16.1. The van der Waals surface area contributed by atoms with Crippen molar-refractivity contribution in [3.8, 4) is 0 Å². The molecule has 0 radical (unpaired) electrons. The molecule has 0 saturated heterocycles. The summed E-state index contributed by atoms with van der Waals surface area (Å²) in [7, 11) is 0. The van der Waals surface area contributed by atoms with Crippen LogP contribution in [0.15, 0.2) is 54.4 Å². The Balaban J connectivity index is 1.58. The van der Waals surface area contributed by atoms with E-state index in [1.165, 1.54) is 12.1 Å². The molecule has 5 nitrogen and oxygen atoms in total. The average molecular weight is 413 g/mol. The van der Waals surface area contributed by atoms with Crippen LogP contribution in [0.25, 0.3) is 16.6 Å². The standard InChI is InChI=1S/C20H14ClFN4OS/c21-14-7-16-17(8-15(14)22)26-19(25-16)12-3-4-18(28)13(6-12)20(27)24-10-11-2-1-5-23-9-11/h1-3,5-9H,4,10H2,(H,24,27)(H,25,26). The molecular weight excluding hydrogens is 399 g/mol. The summed E-state index contributed by atoms with van der Waals surface area (Å²) in [5.74, 6) is -0.254. The van der Waals surface area contributed by atoms with Crippen LogP contribution in [-0.2, 0) is 11.3 Å². The van der Waals surface area contributed by atoms with E-state index in [9.17, 15) is 9.18 Å². The van der Waals surface area contributed by atoms with Gasteiger partial charge in [-0.25, -0.2) is 9.37 Å². The number of allylic oxidation sites excluding steroid dienone is 3. The summed E-state index contributed by atoms with van der Waals surface area (Å²) in [5, 5.41) is 2.86. The maximum atomic E-state index is 13.7. The Hall–Kier alpha value is -2.90. The van der Waals surface area contributed by atoms with Gasteiger partial charge < -0.3 is 10.3 Å². The minimum absolute atomic E-state index is 0.00959. The quantitative estimate of drug-likeness (QED) is 0.631. The molecule has 1 aromatic carbocycles. The van der Waals surface area contributed by atoms with Crippen LogP contribution in [0, 0.1) is 5.82 Å². The second kappa shape index (κ2) is 7.61. The van der Waals surface area contributed by atoms with Gasteiger partial charge in [-0.2, -0.15) is 0 Å². The van der Waals surface area contributed by atoms with Crippen molar-refractivity contribution >= 4 is 51.2 Å². The fourth-order valence-corrected chi connectivity index (χ4v) is 3.28. The van der Waals surface area contributed by atoms with Gasteiger partial charge in [0.25, 0.3) is 5.91 Å². The van der Waals surface area contributed by atoms with Crippen molar-refractivity contribution in [1.29, 1.82) is 0 Å². The van der Waals surface area contributed by atoms with Gasteiger partial charge in [0, 0.05) is 41.9 Å². The number of carbonyl (C=O) groups is 1. The number of H-pyrrole nitrogens is 1. The summed E-state index contributed by atoms with van der Waals surface area (Å²) in [6.07, 6.45) is 7.39. The summed E-state index contributed by atoms with van der Waals surface area (Å²) >= 11 is 11.2. The maximum Gasteiger partial charge on any atom is 0.252 e. The first-order valence-corrected chi connectivity index (χ1v) is 9.27. The third-order valence-electron chi connectivity index (χ3n) is 4.33. The molecule has 0 aliphatic heterocycles. The summed E-state index contributed by atoms with van der Waals surface area (Å²) in [5.41, 5.74) is 3.10. The Morgan fingerprint density at radius 2 is 2.25 bits per heavy atom. The first-order valence-electron chi connectivity index (χ1n) is 8.48. The van der Waals surface area contributed by atoms with E-state index in [0.29, 0.717) is 45.8 Å². The number of hydrogen-bond acceptors (Lipinski definition) is 4. The van der Waals surface area contributed by atoms with Gasteiger partial charge in [0.1, 0.15) is 11.6 Å². The van der Waals surface area contributed by atoms with E-state index in [1.807, 2.05) is 18.2 Å². The number of aromatic nitrogens is 3. The Morgan fingerprint density at radius 1 is 1.39 bits per heavy atom. The number of carbonyl (C=O) groups excluding carboxylic acids is 1. The number of imidazole rings is 1. The van der Waals surface area contributed by atoms with Crippen molar-refractivity contribution in [2.24, 2.45) is 0 Å². The Kier molecular flexibility index (Phi) is 5.02. The first-order chi connectivity index (χ1) is 13.5. The predicted octanol–water partition coefficient (Wildman–Crippen LogP) is 4.15. The van der Waals surface area contributed by atoms with Crippen molar-refractivity contribution in [2.45, 2.75) is 13.0 Å². The third-order valence-corrected chi connectivity index (χ3v) is 5.00. The SMILES string of the molecule is O=C(NCc1cccnc1)C1=CC(c2nc3cc(Cl)c(F)cc3[nH]2)=CCC1=S. The van der Waals surface area contributed by atoms with Gasteiger partial charge in [0.05, 0.1) is 21.6 Å². The maximum absolute atomic E-state index is 13.7. The topological polar surface area (TPSA) is 70.7 Å². The summed E-state index contributed by atoms with van der Waals surface area (Å²) < 4.78 is 13.7. The van der Waals surface area contributed by atoms with Crippen molar-refractivity contribution in [3.05, 3.63) is 76.6 Å². The number of thiocarbonyl (C=S) groups is 1. The highest BCUT2D eigenvalue weighted by Crippen LogP contribution is 2.27. The molecule has 0 atom stereocenters. The highest BCUT2D eigenvalue weighted by atomic mass is 35.5. The van der Waals surface area contributed by atoms with Gasteiger partial charge in [0.2, 0.25) is 0 Å². The molecule has 1 aliphatic carbocycles. The molecule has 2 heterocycles.